The molecule has 1 aliphatic heterocycles. The van der Waals surface area contributed by atoms with Crippen molar-refractivity contribution in [3.63, 3.8) is 0 Å². The number of likely N-dealkylation sites (tertiary alicyclic amines) is 1. The molecule has 1 fully saturated rings. The second kappa shape index (κ2) is 5.21. The van der Waals surface area contributed by atoms with Gasteiger partial charge in [-0.1, -0.05) is 25.1 Å². The van der Waals surface area contributed by atoms with E-state index in [4.69, 9.17) is 5.11 Å². The van der Waals surface area contributed by atoms with Gasteiger partial charge in [0.2, 0.25) is 0 Å². The molecule has 0 radical (unpaired) electrons. The molecule has 0 saturated carbocycles. The number of aryl methyl sites for hydroxylation is 1. The molecule has 2 rings (SSSR count). The minimum Gasteiger partial charge on any atom is -0.480 e. The van der Waals surface area contributed by atoms with Crippen molar-refractivity contribution < 1.29 is 14.7 Å². The summed E-state index contributed by atoms with van der Waals surface area (Å²) in [7, 11) is 0. The molecule has 4 heteroatoms. The summed E-state index contributed by atoms with van der Waals surface area (Å²) in [5.74, 6) is -1.06. The Morgan fingerprint density at radius 2 is 2.11 bits per heavy atom. The van der Waals surface area contributed by atoms with Crippen LogP contribution >= 0.6 is 0 Å². The van der Waals surface area contributed by atoms with E-state index in [0.29, 0.717) is 18.5 Å². The molecule has 96 valence electrons. The van der Waals surface area contributed by atoms with Gasteiger partial charge in [0.05, 0.1) is 0 Å². The van der Waals surface area contributed by atoms with Gasteiger partial charge in [-0.3, -0.25) is 4.79 Å². The molecule has 1 aromatic rings. The second-order valence-electron chi connectivity index (χ2n) is 4.51. The van der Waals surface area contributed by atoms with Crippen molar-refractivity contribution >= 4 is 11.9 Å². The van der Waals surface area contributed by atoms with Crippen LogP contribution in [-0.4, -0.2) is 34.5 Å². The van der Waals surface area contributed by atoms with Crippen LogP contribution in [0.3, 0.4) is 0 Å². The summed E-state index contributed by atoms with van der Waals surface area (Å²) in [6, 6.07) is 6.74. The predicted octanol–water partition coefficient (Wildman–Crippen LogP) is 1.94. The Hall–Kier alpha value is -1.84. The van der Waals surface area contributed by atoms with Crippen molar-refractivity contribution in [3.05, 3.63) is 35.4 Å². The smallest absolute Gasteiger partial charge is 0.326 e. The first kappa shape index (κ1) is 12.6. The number of rotatable bonds is 3. The minimum absolute atomic E-state index is 0.155. The summed E-state index contributed by atoms with van der Waals surface area (Å²) < 4.78 is 0. The third kappa shape index (κ3) is 2.23. The number of carboxylic acids is 1. The number of carboxylic acid groups (broad SMARTS) is 1. The van der Waals surface area contributed by atoms with Gasteiger partial charge in [-0.2, -0.15) is 0 Å². The van der Waals surface area contributed by atoms with Crippen LogP contribution < -0.4 is 0 Å². The topological polar surface area (TPSA) is 57.6 Å². The Morgan fingerprint density at radius 1 is 1.39 bits per heavy atom. The Bertz CT molecular complexity index is 470. The highest BCUT2D eigenvalue weighted by Gasteiger charge is 2.34. The van der Waals surface area contributed by atoms with E-state index >= 15 is 0 Å². The zero-order valence-electron chi connectivity index (χ0n) is 10.4. The van der Waals surface area contributed by atoms with Gasteiger partial charge in [-0.25, -0.2) is 4.79 Å². The van der Waals surface area contributed by atoms with Crippen molar-refractivity contribution in [2.75, 3.05) is 6.54 Å². The summed E-state index contributed by atoms with van der Waals surface area (Å²) in [4.78, 5) is 25.0. The zero-order valence-corrected chi connectivity index (χ0v) is 10.4. The molecule has 1 atom stereocenters. The van der Waals surface area contributed by atoms with E-state index in [2.05, 4.69) is 0 Å². The fourth-order valence-electron chi connectivity index (χ4n) is 2.46. The Balaban J connectivity index is 2.28. The van der Waals surface area contributed by atoms with Gasteiger partial charge in [0.25, 0.3) is 5.91 Å². The molecular formula is C14H17NO3. The van der Waals surface area contributed by atoms with Gasteiger partial charge >= 0.3 is 5.97 Å². The number of hydrogen-bond donors (Lipinski definition) is 1. The largest absolute Gasteiger partial charge is 0.480 e. The maximum absolute atomic E-state index is 12.4. The SMILES string of the molecule is CCc1ccccc1C(=O)N1CCCC1C(=O)O. The van der Waals surface area contributed by atoms with Crippen LogP contribution in [0, 0.1) is 0 Å². The summed E-state index contributed by atoms with van der Waals surface area (Å²) in [5, 5.41) is 9.11. The van der Waals surface area contributed by atoms with E-state index in [1.807, 2.05) is 25.1 Å². The second-order valence-corrected chi connectivity index (χ2v) is 4.51. The quantitative estimate of drug-likeness (QED) is 0.888. The van der Waals surface area contributed by atoms with Crippen molar-refractivity contribution in [2.45, 2.75) is 32.2 Å². The van der Waals surface area contributed by atoms with Crippen molar-refractivity contribution in [1.29, 1.82) is 0 Å². The molecule has 0 bridgehead atoms. The molecule has 1 amide bonds. The summed E-state index contributed by atoms with van der Waals surface area (Å²) in [5.41, 5.74) is 1.60. The number of carbonyl (C=O) groups is 2. The van der Waals surface area contributed by atoms with E-state index < -0.39 is 12.0 Å². The fourth-order valence-corrected chi connectivity index (χ4v) is 2.46. The number of benzene rings is 1. The molecule has 0 aliphatic carbocycles. The van der Waals surface area contributed by atoms with E-state index in [9.17, 15) is 9.59 Å². The molecule has 1 heterocycles. The molecule has 1 aromatic carbocycles. The Kier molecular flexibility index (Phi) is 3.65. The third-order valence-electron chi connectivity index (χ3n) is 3.43. The lowest BCUT2D eigenvalue weighted by atomic mass is 10.0. The Labute approximate surface area is 106 Å². The highest BCUT2D eigenvalue weighted by atomic mass is 16.4. The Morgan fingerprint density at radius 3 is 2.78 bits per heavy atom. The summed E-state index contributed by atoms with van der Waals surface area (Å²) in [6.45, 7) is 2.53. The lowest BCUT2D eigenvalue weighted by Crippen LogP contribution is -2.40. The number of amides is 1. The van der Waals surface area contributed by atoms with Gasteiger partial charge in [0.1, 0.15) is 6.04 Å². The molecular weight excluding hydrogens is 230 g/mol. The average molecular weight is 247 g/mol. The summed E-state index contributed by atoms with van der Waals surface area (Å²) >= 11 is 0. The van der Waals surface area contributed by atoms with E-state index in [-0.39, 0.29) is 5.91 Å². The molecule has 0 aromatic heterocycles. The van der Waals surface area contributed by atoms with Crippen LogP contribution in [-0.2, 0) is 11.2 Å². The number of nitrogens with zero attached hydrogens (tertiary/aromatic N) is 1. The molecule has 1 aliphatic rings. The molecule has 0 spiro atoms. The van der Waals surface area contributed by atoms with Crippen molar-refractivity contribution in [1.82, 2.24) is 4.90 Å². The molecule has 1 N–H and O–H groups in total. The van der Waals surface area contributed by atoms with E-state index in [1.165, 1.54) is 4.90 Å². The van der Waals surface area contributed by atoms with E-state index in [1.54, 1.807) is 6.07 Å². The van der Waals surface area contributed by atoms with Gasteiger partial charge in [-0.15, -0.1) is 0 Å². The van der Waals surface area contributed by atoms with Crippen LogP contribution in [0.1, 0.15) is 35.7 Å². The zero-order chi connectivity index (χ0) is 13.1. The first-order chi connectivity index (χ1) is 8.65. The molecule has 1 saturated heterocycles. The van der Waals surface area contributed by atoms with Crippen LogP contribution in [0.5, 0.6) is 0 Å². The first-order valence-corrected chi connectivity index (χ1v) is 6.26. The molecule has 1 unspecified atom stereocenters. The van der Waals surface area contributed by atoms with Gasteiger partial charge in [-0.05, 0) is 30.9 Å². The van der Waals surface area contributed by atoms with Crippen LogP contribution in [0.25, 0.3) is 0 Å². The first-order valence-electron chi connectivity index (χ1n) is 6.26. The van der Waals surface area contributed by atoms with Crippen molar-refractivity contribution in [2.24, 2.45) is 0 Å². The number of carbonyl (C=O) groups excluding carboxylic acids is 1. The number of hydrogen-bond acceptors (Lipinski definition) is 2. The van der Waals surface area contributed by atoms with E-state index in [0.717, 1.165) is 18.4 Å². The van der Waals surface area contributed by atoms with Crippen LogP contribution in [0.15, 0.2) is 24.3 Å². The monoisotopic (exact) mass is 247 g/mol. The standard InChI is InChI=1S/C14H17NO3/c1-2-10-6-3-4-7-11(10)13(16)15-9-5-8-12(15)14(17)18/h3-4,6-7,12H,2,5,8-9H2,1H3,(H,17,18). The fraction of sp³-hybridized carbons (Fsp3) is 0.429. The van der Waals surface area contributed by atoms with Gasteiger partial charge < -0.3 is 10.0 Å². The third-order valence-corrected chi connectivity index (χ3v) is 3.43. The van der Waals surface area contributed by atoms with Gasteiger partial charge in [0.15, 0.2) is 0 Å². The lowest BCUT2D eigenvalue weighted by molar-refractivity contribution is -0.141. The van der Waals surface area contributed by atoms with Gasteiger partial charge in [0, 0.05) is 12.1 Å². The maximum atomic E-state index is 12.4. The normalized spacial score (nSPS) is 18.9. The molecule has 4 nitrogen and oxygen atoms in total. The van der Waals surface area contributed by atoms with Crippen LogP contribution in [0.4, 0.5) is 0 Å². The van der Waals surface area contributed by atoms with Crippen molar-refractivity contribution in [3.8, 4) is 0 Å². The predicted molar refractivity (Wildman–Crippen MR) is 67.5 cm³/mol. The average Bonchev–Trinajstić information content (AvgIpc) is 2.87. The lowest BCUT2D eigenvalue weighted by Gasteiger charge is -2.22. The number of aliphatic carboxylic acids is 1. The maximum Gasteiger partial charge on any atom is 0.326 e. The molecule has 18 heavy (non-hydrogen) atoms. The highest BCUT2D eigenvalue weighted by molar-refractivity contribution is 5.98. The summed E-state index contributed by atoms with van der Waals surface area (Å²) in [6.07, 6.45) is 2.08. The van der Waals surface area contributed by atoms with Crippen LogP contribution in [0.2, 0.25) is 0 Å². The minimum atomic E-state index is -0.908. The highest BCUT2D eigenvalue weighted by Crippen LogP contribution is 2.22.